The van der Waals surface area contributed by atoms with Crippen molar-refractivity contribution >= 4 is 39.9 Å². The minimum absolute atomic E-state index is 0. The third-order valence-corrected chi connectivity index (χ3v) is 3.29. The molecule has 1 unspecified atom stereocenters. The van der Waals surface area contributed by atoms with Gasteiger partial charge in [-0.15, -0.1) is 12.4 Å². The first-order valence-electron chi connectivity index (χ1n) is 5.50. The fourth-order valence-electron chi connectivity index (χ4n) is 1.90. The van der Waals surface area contributed by atoms with Gasteiger partial charge in [0, 0.05) is 16.6 Å². The van der Waals surface area contributed by atoms with Gasteiger partial charge in [0.15, 0.2) is 0 Å². The minimum atomic E-state index is 0. The van der Waals surface area contributed by atoms with Crippen LogP contribution in [0.5, 0.6) is 0 Å². The van der Waals surface area contributed by atoms with Crippen LogP contribution < -0.4 is 10.6 Å². The summed E-state index contributed by atoms with van der Waals surface area (Å²) >= 11 is 3.36. The van der Waals surface area contributed by atoms with E-state index < -0.39 is 0 Å². The van der Waals surface area contributed by atoms with Crippen molar-refractivity contribution in [2.45, 2.75) is 12.8 Å². The van der Waals surface area contributed by atoms with Crippen LogP contribution in [-0.2, 0) is 4.79 Å². The number of anilines is 1. The van der Waals surface area contributed by atoms with Gasteiger partial charge in [-0.05, 0) is 49.7 Å². The maximum absolute atomic E-state index is 11.7. The van der Waals surface area contributed by atoms with Crippen LogP contribution in [-0.4, -0.2) is 19.0 Å². The summed E-state index contributed by atoms with van der Waals surface area (Å²) in [5.41, 5.74) is 0.860. The van der Waals surface area contributed by atoms with Gasteiger partial charge in [0.1, 0.15) is 0 Å². The lowest BCUT2D eigenvalue weighted by Crippen LogP contribution is -2.18. The monoisotopic (exact) mass is 318 g/mol. The summed E-state index contributed by atoms with van der Waals surface area (Å²) in [6.07, 6.45) is 1.72. The molecule has 1 aromatic rings. The van der Waals surface area contributed by atoms with E-state index in [1.807, 2.05) is 24.3 Å². The second-order valence-corrected chi connectivity index (χ2v) is 5.03. The van der Waals surface area contributed by atoms with Gasteiger partial charge < -0.3 is 10.6 Å². The number of hydrogen-bond acceptors (Lipinski definition) is 2. The van der Waals surface area contributed by atoms with Crippen LogP contribution in [0.15, 0.2) is 28.7 Å². The maximum Gasteiger partial charge on any atom is 0.224 e. The first-order valence-corrected chi connectivity index (χ1v) is 6.29. The predicted molar refractivity (Wildman–Crippen MR) is 75.6 cm³/mol. The third-order valence-electron chi connectivity index (χ3n) is 2.76. The zero-order chi connectivity index (χ0) is 11.4. The molecule has 0 bridgehead atoms. The highest BCUT2D eigenvalue weighted by atomic mass is 79.9. The summed E-state index contributed by atoms with van der Waals surface area (Å²) in [5.74, 6) is 0.603. The van der Waals surface area contributed by atoms with Gasteiger partial charge in [-0.3, -0.25) is 4.79 Å². The molecule has 0 aliphatic carbocycles. The van der Waals surface area contributed by atoms with Crippen molar-refractivity contribution < 1.29 is 4.79 Å². The van der Waals surface area contributed by atoms with Crippen LogP contribution in [0, 0.1) is 5.92 Å². The lowest BCUT2D eigenvalue weighted by atomic mass is 10.0. The van der Waals surface area contributed by atoms with Gasteiger partial charge in [-0.25, -0.2) is 0 Å². The highest BCUT2D eigenvalue weighted by Gasteiger charge is 2.17. The second kappa shape index (κ2) is 6.99. The van der Waals surface area contributed by atoms with Gasteiger partial charge in [0.2, 0.25) is 5.91 Å². The van der Waals surface area contributed by atoms with Crippen LogP contribution in [0.2, 0.25) is 0 Å². The third kappa shape index (κ3) is 4.66. The highest BCUT2D eigenvalue weighted by molar-refractivity contribution is 9.10. The van der Waals surface area contributed by atoms with Crippen molar-refractivity contribution in [1.29, 1.82) is 0 Å². The molecule has 1 heterocycles. The van der Waals surface area contributed by atoms with Crippen LogP contribution in [0.25, 0.3) is 0 Å². The van der Waals surface area contributed by atoms with Gasteiger partial charge in [0.05, 0.1) is 0 Å². The fraction of sp³-hybridized carbons (Fsp3) is 0.417. The number of carbonyl (C=O) groups is 1. The molecular weight excluding hydrogens is 304 g/mol. The van der Waals surface area contributed by atoms with E-state index in [1.165, 1.54) is 0 Å². The molecular formula is C12H16BrClN2O. The number of amides is 1. The quantitative estimate of drug-likeness (QED) is 0.899. The molecule has 3 nitrogen and oxygen atoms in total. The summed E-state index contributed by atoms with van der Waals surface area (Å²) in [4.78, 5) is 11.7. The molecule has 0 saturated carbocycles. The summed E-state index contributed by atoms with van der Waals surface area (Å²) in [7, 11) is 0. The smallest absolute Gasteiger partial charge is 0.224 e. The van der Waals surface area contributed by atoms with Crippen molar-refractivity contribution in [3.63, 3.8) is 0 Å². The molecule has 17 heavy (non-hydrogen) atoms. The number of carbonyl (C=O) groups excluding carboxylic acids is 1. The molecule has 0 aromatic heterocycles. The Morgan fingerprint density at radius 3 is 2.71 bits per heavy atom. The molecule has 1 saturated heterocycles. The van der Waals surface area contributed by atoms with E-state index >= 15 is 0 Å². The number of nitrogens with one attached hydrogen (secondary N) is 2. The maximum atomic E-state index is 11.7. The predicted octanol–water partition coefficient (Wildman–Crippen LogP) is 2.81. The topological polar surface area (TPSA) is 41.1 Å². The second-order valence-electron chi connectivity index (χ2n) is 4.12. The molecule has 0 radical (unpaired) electrons. The van der Waals surface area contributed by atoms with E-state index in [4.69, 9.17) is 0 Å². The summed E-state index contributed by atoms with van der Waals surface area (Å²) in [5, 5.41) is 6.17. The van der Waals surface area contributed by atoms with Crippen LogP contribution in [0.4, 0.5) is 5.69 Å². The largest absolute Gasteiger partial charge is 0.326 e. The molecule has 1 aromatic carbocycles. The molecule has 2 N–H and O–H groups in total. The van der Waals surface area contributed by atoms with Crippen molar-refractivity contribution in [1.82, 2.24) is 5.32 Å². The number of halogens is 2. The molecule has 0 spiro atoms. The Hall–Kier alpha value is -0.580. The molecule has 94 valence electrons. The van der Waals surface area contributed by atoms with Crippen molar-refractivity contribution in [2.75, 3.05) is 18.4 Å². The first-order chi connectivity index (χ1) is 7.74. The van der Waals surface area contributed by atoms with Gasteiger partial charge in [-0.1, -0.05) is 15.9 Å². The Labute approximate surface area is 116 Å². The molecule has 1 amide bonds. The molecule has 2 rings (SSSR count). The van der Waals surface area contributed by atoms with Gasteiger partial charge in [-0.2, -0.15) is 0 Å². The van der Waals surface area contributed by atoms with E-state index in [1.54, 1.807) is 0 Å². The van der Waals surface area contributed by atoms with E-state index in [9.17, 15) is 4.79 Å². The standard InChI is InChI=1S/C12H15BrN2O.ClH/c13-10-1-3-11(4-2-10)15-12(16)7-9-5-6-14-8-9;/h1-4,9,14H,5-8H2,(H,15,16);1H. The van der Waals surface area contributed by atoms with E-state index in [0.29, 0.717) is 12.3 Å². The van der Waals surface area contributed by atoms with Gasteiger partial charge in [0.25, 0.3) is 0 Å². The lowest BCUT2D eigenvalue weighted by Gasteiger charge is -2.09. The Kier molecular flexibility index (Phi) is 5.95. The Balaban J connectivity index is 0.00000144. The fourth-order valence-corrected chi connectivity index (χ4v) is 2.16. The zero-order valence-corrected chi connectivity index (χ0v) is 11.8. The molecule has 1 aliphatic rings. The van der Waals surface area contributed by atoms with Gasteiger partial charge >= 0.3 is 0 Å². The molecule has 1 fully saturated rings. The van der Waals surface area contributed by atoms with Crippen LogP contribution >= 0.6 is 28.3 Å². The molecule has 1 aliphatic heterocycles. The SMILES string of the molecule is Cl.O=C(CC1CCNC1)Nc1ccc(Br)cc1. The average molecular weight is 320 g/mol. The zero-order valence-electron chi connectivity index (χ0n) is 9.41. The summed E-state index contributed by atoms with van der Waals surface area (Å²) in [6, 6.07) is 7.64. The Morgan fingerprint density at radius 1 is 1.41 bits per heavy atom. The van der Waals surface area contributed by atoms with Crippen molar-refractivity contribution in [3.8, 4) is 0 Å². The lowest BCUT2D eigenvalue weighted by molar-refractivity contribution is -0.116. The number of hydrogen-bond donors (Lipinski definition) is 2. The van der Waals surface area contributed by atoms with E-state index in [-0.39, 0.29) is 18.3 Å². The van der Waals surface area contributed by atoms with E-state index in [2.05, 4.69) is 26.6 Å². The summed E-state index contributed by atoms with van der Waals surface area (Å²) < 4.78 is 1.02. The minimum Gasteiger partial charge on any atom is -0.326 e. The van der Waals surface area contributed by atoms with E-state index in [0.717, 1.165) is 29.7 Å². The normalized spacial score (nSPS) is 18.5. The molecule has 1 atom stereocenters. The van der Waals surface area contributed by atoms with Crippen LogP contribution in [0.1, 0.15) is 12.8 Å². The number of benzene rings is 1. The molecule has 5 heteroatoms. The number of rotatable bonds is 3. The first kappa shape index (κ1) is 14.5. The Bertz CT molecular complexity index is 363. The van der Waals surface area contributed by atoms with Crippen LogP contribution in [0.3, 0.4) is 0 Å². The van der Waals surface area contributed by atoms with Crippen molar-refractivity contribution in [3.05, 3.63) is 28.7 Å². The summed E-state index contributed by atoms with van der Waals surface area (Å²) in [6.45, 7) is 2.00. The highest BCUT2D eigenvalue weighted by Crippen LogP contribution is 2.16. The Morgan fingerprint density at radius 2 is 2.12 bits per heavy atom. The average Bonchev–Trinajstić information content (AvgIpc) is 2.74. The van der Waals surface area contributed by atoms with Crippen molar-refractivity contribution in [2.24, 2.45) is 5.92 Å².